The number of likely N-dealkylation sites (N-methyl/N-ethyl adjacent to an activating group) is 1. The maximum absolute atomic E-state index is 13.4. The number of carbonyl (C=O) groups excluding carboxylic acids is 1. The van der Waals surface area contributed by atoms with Crippen molar-refractivity contribution in [3.05, 3.63) is 29.8 Å². The van der Waals surface area contributed by atoms with Crippen LogP contribution in [0.4, 0.5) is 8.78 Å². The lowest BCUT2D eigenvalue weighted by atomic mass is 9.94. The number of primary amides is 1. The van der Waals surface area contributed by atoms with Crippen molar-refractivity contribution < 1.29 is 18.3 Å². The normalized spacial score (nSPS) is 15.6. The Balaban J connectivity index is 2.78. The summed E-state index contributed by atoms with van der Waals surface area (Å²) in [6.07, 6.45) is -0.282. The highest BCUT2D eigenvalue weighted by atomic mass is 19.2. The van der Waals surface area contributed by atoms with Gasteiger partial charge in [-0.3, -0.25) is 4.79 Å². The van der Waals surface area contributed by atoms with Crippen molar-refractivity contribution in [3.63, 3.8) is 0 Å². The second-order valence-electron chi connectivity index (χ2n) is 4.63. The summed E-state index contributed by atoms with van der Waals surface area (Å²) in [4.78, 5) is 11.3. The number of nitrogens with two attached hydrogens (primary N) is 1. The molecule has 0 saturated carbocycles. The van der Waals surface area contributed by atoms with Crippen LogP contribution in [0.25, 0.3) is 0 Å². The first-order valence-corrected chi connectivity index (χ1v) is 5.89. The van der Waals surface area contributed by atoms with Gasteiger partial charge >= 0.3 is 0 Å². The second kappa shape index (κ2) is 5.97. The molecule has 6 heteroatoms. The number of rotatable bonds is 6. The molecular formula is C13H18F2N2O2. The highest BCUT2D eigenvalue weighted by molar-refractivity contribution is 5.84. The van der Waals surface area contributed by atoms with Crippen molar-refractivity contribution in [2.45, 2.75) is 31.9 Å². The third-order valence-corrected chi connectivity index (χ3v) is 3.04. The molecule has 1 aromatic rings. The Kier molecular flexibility index (Phi) is 4.83. The Labute approximate surface area is 110 Å². The number of ether oxygens (including phenoxy) is 1. The van der Waals surface area contributed by atoms with Gasteiger partial charge in [0.05, 0.1) is 11.6 Å². The molecule has 0 aliphatic heterocycles. The van der Waals surface area contributed by atoms with E-state index in [1.807, 2.05) is 0 Å². The Morgan fingerprint density at radius 2 is 2.16 bits per heavy atom. The zero-order chi connectivity index (χ0) is 14.6. The number of hydrogen-bond acceptors (Lipinski definition) is 3. The lowest BCUT2D eigenvalue weighted by molar-refractivity contribution is -0.124. The van der Waals surface area contributed by atoms with Gasteiger partial charge in [0.2, 0.25) is 11.7 Å². The van der Waals surface area contributed by atoms with Gasteiger partial charge in [0, 0.05) is 6.42 Å². The molecule has 0 radical (unpaired) electrons. The Bertz CT molecular complexity index is 468. The van der Waals surface area contributed by atoms with E-state index in [4.69, 9.17) is 10.5 Å². The summed E-state index contributed by atoms with van der Waals surface area (Å²) in [7, 11) is 1.60. The summed E-state index contributed by atoms with van der Waals surface area (Å²) >= 11 is 0. The largest absolute Gasteiger partial charge is 0.487 e. The topological polar surface area (TPSA) is 64.3 Å². The molecule has 106 valence electrons. The molecule has 19 heavy (non-hydrogen) atoms. The molecule has 1 rings (SSSR count). The molecule has 0 saturated heterocycles. The van der Waals surface area contributed by atoms with Gasteiger partial charge in [-0.25, -0.2) is 4.39 Å². The number of carbonyl (C=O) groups is 1. The molecule has 0 heterocycles. The first-order chi connectivity index (χ1) is 8.80. The summed E-state index contributed by atoms with van der Waals surface area (Å²) in [5.74, 6) is -2.74. The first-order valence-electron chi connectivity index (χ1n) is 5.89. The summed E-state index contributed by atoms with van der Waals surface area (Å²) in [5.41, 5.74) is 4.32. The van der Waals surface area contributed by atoms with E-state index < -0.39 is 29.2 Å². The highest BCUT2D eigenvalue weighted by Crippen LogP contribution is 2.23. The molecule has 2 unspecified atom stereocenters. The number of halogens is 2. The summed E-state index contributed by atoms with van der Waals surface area (Å²) < 4.78 is 31.8. The van der Waals surface area contributed by atoms with Gasteiger partial charge in [0.15, 0.2) is 11.6 Å². The van der Waals surface area contributed by atoms with Gasteiger partial charge in [0.1, 0.15) is 0 Å². The molecule has 0 aromatic heterocycles. The van der Waals surface area contributed by atoms with Crippen LogP contribution in [0, 0.1) is 11.6 Å². The van der Waals surface area contributed by atoms with Crippen molar-refractivity contribution in [3.8, 4) is 5.75 Å². The standard InChI is InChI=1S/C13H18F2N2O2/c1-8(7-13(2,17-3)12(16)18)19-10-6-4-5-9(14)11(10)15/h4-6,8,17H,7H2,1-3H3,(H2,16,18). The van der Waals surface area contributed by atoms with E-state index in [1.165, 1.54) is 12.1 Å². The van der Waals surface area contributed by atoms with Gasteiger partial charge in [-0.05, 0) is 33.0 Å². The SMILES string of the molecule is CNC(C)(CC(C)Oc1cccc(F)c1F)C(N)=O. The molecule has 3 N–H and O–H groups in total. The third-order valence-electron chi connectivity index (χ3n) is 3.04. The maximum Gasteiger partial charge on any atom is 0.237 e. The van der Waals surface area contributed by atoms with Gasteiger partial charge in [0.25, 0.3) is 0 Å². The zero-order valence-corrected chi connectivity index (χ0v) is 11.2. The van der Waals surface area contributed by atoms with E-state index >= 15 is 0 Å². The molecular weight excluding hydrogens is 254 g/mol. The van der Waals surface area contributed by atoms with Crippen LogP contribution in [0.3, 0.4) is 0 Å². The summed E-state index contributed by atoms with van der Waals surface area (Å²) in [6.45, 7) is 3.28. The highest BCUT2D eigenvalue weighted by Gasteiger charge is 2.32. The number of amides is 1. The van der Waals surface area contributed by atoms with Crippen LogP contribution in [-0.2, 0) is 4.79 Å². The van der Waals surface area contributed by atoms with E-state index in [0.29, 0.717) is 0 Å². The first kappa shape index (κ1) is 15.4. The van der Waals surface area contributed by atoms with Gasteiger partial charge < -0.3 is 15.8 Å². The predicted octanol–water partition coefficient (Wildman–Crippen LogP) is 1.59. The predicted molar refractivity (Wildman–Crippen MR) is 67.7 cm³/mol. The lowest BCUT2D eigenvalue weighted by Gasteiger charge is -2.28. The molecule has 2 atom stereocenters. The van der Waals surface area contributed by atoms with E-state index in [0.717, 1.165) is 6.07 Å². The van der Waals surface area contributed by atoms with Crippen molar-refractivity contribution in [1.29, 1.82) is 0 Å². The molecule has 0 aliphatic carbocycles. The van der Waals surface area contributed by atoms with Crippen molar-refractivity contribution in [1.82, 2.24) is 5.32 Å². The Morgan fingerprint density at radius 1 is 1.53 bits per heavy atom. The van der Waals surface area contributed by atoms with Gasteiger partial charge in [-0.15, -0.1) is 0 Å². The minimum Gasteiger partial charge on any atom is -0.487 e. The van der Waals surface area contributed by atoms with E-state index in [2.05, 4.69) is 5.32 Å². The smallest absolute Gasteiger partial charge is 0.237 e. The van der Waals surface area contributed by atoms with E-state index in [-0.39, 0.29) is 12.2 Å². The monoisotopic (exact) mass is 272 g/mol. The average molecular weight is 272 g/mol. The van der Waals surface area contributed by atoms with Crippen LogP contribution in [0.1, 0.15) is 20.3 Å². The van der Waals surface area contributed by atoms with Crippen molar-refractivity contribution >= 4 is 5.91 Å². The van der Waals surface area contributed by atoms with Crippen LogP contribution in [0.5, 0.6) is 5.75 Å². The van der Waals surface area contributed by atoms with Crippen LogP contribution in [0.15, 0.2) is 18.2 Å². The summed E-state index contributed by atoms with van der Waals surface area (Å²) in [5, 5.41) is 2.80. The van der Waals surface area contributed by atoms with Crippen LogP contribution in [0.2, 0.25) is 0 Å². The molecule has 0 aliphatic rings. The van der Waals surface area contributed by atoms with Crippen LogP contribution < -0.4 is 15.8 Å². The Hall–Kier alpha value is -1.69. The Morgan fingerprint density at radius 3 is 2.68 bits per heavy atom. The molecule has 0 spiro atoms. The van der Waals surface area contributed by atoms with E-state index in [9.17, 15) is 13.6 Å². The van der Waals surface area contributed by atoms with Gasteiger partial charge in [-0.2, -0.15) is 4.39 Å². The fourth-order valence-electron chi connectivity index (χ4n) is 1.73. The molecule has 1 amide bonds. The number of nitrogens with one attached hydrogen (secondary N) is 1. The van der Waals surface area contributed by atoms with Gasteiger partial charge in [-0.1, -0.05) is 6.07 Å². The average Bonchev–Trinajstić information content (AvgIpc) is 2.34. The fourth-order valence-corrected chi connectivity index (χ4v) is 1.73. The van der Waals surface area contributed by atoms with Crippen molar-refractivity contribution in [2.75, 3.05) is 7.05 Å². The summed E-state index contributed by atoms with van der Waals surface area (Å²) in [6, 6.07) is 3.69. The zero-order valence-electron chi connectivity index (χ0n) is 11.2. The quantitative estimate of drug-likeness (QED) is 0.826. The van der Waals surface area contributed by atoms with Crippen molar-refractivity contribution in [2.24, 2.45) is 5.73 Å². The molecule has 0 bridgehead atoms. The van der Waals surface area contributed by atoms with Crippen LogP contribution in [-0.4, -0.2) is 24.6 Å². The molecule has 1 aromatic carbocycles. The minimum atomic E-state index is -1.04. The third kappa shape index (κ3) is 3.64. The second-order valence-corrected chi connectivity index (χ2v) is 4.63. The van der Waals surface area contributed by atoms with E-state index in [1.54, 1.807) is 20.9 Å². The number of hydrogen-bond donors (Lipinski definition) is 2. The molecule has 4 nitrogen and oxygen atoms in total. The lowest BCUT2D eigenvalue weighted by Crippen LogP contribution is -2.53. The molecule has 0 fully saturated rings. The van der Waals surface area contributed by atoms with Crippen LogP contribution >= 0.6 is 0 Å². The maximum atomic E-state index is 13.4. The number of benzene rings is 1. The fraction of sp³-hybridized carbons (Fsp3) is 0.462. The minimum absolute atomic E-state index is 0.185.